The highest BCUT2D eigenvalue weighted by molar-refractivity contribution is 7.98. The Kier molecular flexibility index (Phi) is 24.9. The van der Waals surface area contributed by atoms with Crippen molar-refractivity contribution in [2.45, 2.75) is 131 Å². The maximum Gasteiger partial charge on any atom is 0.305 e. The van der Waals surface area contributed by atoms with Gasteiger partial charge in [-0.2, -0.15) is 23.5 Å². The van der Waals surface area contributed by atoms with Crippen LogP contribution in [0.15, 0.2) is 85.6 Å². The van der Waals surface area contributed by atoms with Crippen LogP contribution in [-0.2, 0) is 83.5 Å². The lowest BCUT2D eigenvalue weighted by atomic mass is 10.0. The van der Waals surface area contributed by atoms with Crippen LogP contribution in [0, 0.1) is 11.6 Å². The molecule has 1 saturated heterocycles. The molecule has 0 radical (unpaired) electrons. The number of hydrogen-bond acceptors (Lipinski definition) is 15. The minimum atomic E-state index is -2.00. The first kappa shape index (κ1) is 69.5. The number of halogens is 2. The number of carboxylic acid groups (broad SMARTS) is 1. The van der Waals surface area contributed by atoms with Gasteiger partial charge in [-0.1, -0.05) is 24.3 Å². The molecule has 10 amide bonds. The maximum atomic E-state index is 14.9. The Morgan fingerprint density at radius 3 is 1.87 bits per heavy atom. The molecule has 496 valence electrons. The van der Waals surface area contributed by atoms with Gasteiger partial charge in [0.2, 0.25) is 59.1 Å². The van der Waals surface area contributed by atoms with Crippen LogP contribution in [0.1, 0.15) is 79.8 Å². The predicted molar refractivity (Wildman–Crippen MR) is 341 cm³/mol. The van der Waals surface area contributed by atoms with Crippen molar-refractivity contribution in [2.75, 3.05) is 31.1 Å². The number of amides is 10. The summed E-state index contributed by atoms with van der Waals surface area (Å²) in [6.07, 6.45) is 5.10. The van der Waals surface area contributed by atoms with E-state index in [1.165, 1.54) is 96.7 Å². The van der Waals surface area contributed by atoms with Crippen molar-refractivity contribution in [1.82, 2.24) is 67.4 Å². The smallest absolute Gasteiger partial charge is 0.305 e. The van der Waals surface area contributed by atoms with Crippen LogP contribution in [0.4, 0.5) is 8.78 Å². The molecule has 0 spiro atoms. The molecule has 0 aliphatic carbocycles. The molecule has 8 atom stereocenters. The van der Waals surface area contributed by atoms with E-state index in [4.69, 9.17) is 11.5 Å². The highest BCUT2D eigenvalue weighted by Crippen LogP contribution is 2.25. The van der Waals surface area contributed by atoms with Crippen molar-refractivity contribution in [1.29, 1.82) is 0 Å². The SMILES string of the molecule is C[C@@H]1NC(=O)[C@H](Cc2c[nH]cn2)NC(=O)[C@H](CC(=O)O)NC(=O)[C@H](Cc2c[nH]c3ccc(F)cc23)NC(=O)[C@H](Cc2c[nH]c3ccc(F)cc23)NC(=O)CNC(=O)[C@H](CCCCN)NC(=O)CCSCc2cccc(c2)CSC[C@@H](C(N)=O)NC(=O)[C@@H]2CCCN2C1=O. The Morgan fingerprint density at radius 1 is 0.667 bits per heavy atom. The van der Waals surface area contributed by atoms with Gasteiger partial charge in [0.05, 0.1) is 25.0 Å². The number of unbranched alkanes of at least 4 members (excludes halogenated alkanes) is 1. The first-order valence-corrected chi connectivity index (χ1v) is 32.6. The second-order valence-corrected chi connectivity index (χ2v) is 24.9. The van der Waals surface area contributed by atoms with Gasteiger partial charge in [0.1, 0.15) is 60.0 Å². The lowest BCUT2D eigenvalue weighted by Crippen LogP contribution is -2.60. The second kappa shape index (κ2) is 33.3. The molecule has 2 aliphatic heterocycles. The molecule has 2 aliphatic rings. The molecular weight excluding hydrogens is 1250 g/mol. The summed E-state index contributed by atoms with van der Waals surface area (Å²) >= 11 is 2.81. The number of H-pyrrole nitrogens is 3. The number of nitrogens with one attached hydrogen (secondary N) is 11. The maximum absolute atomic E-state index is 14.9. The summed E-state index contributed by atoms with van der Waals surface area (Å²) in [6.45, 7) is 1.03. The zero-order valence-corrected chi connectivity index (χ0v) is 52.4. The number of rotatable bonds is 13. The number of hydrogen-bond donors (Lipinski definition) is 14. The summed E-state index contributed by atoms with van der Waals surface area (Å²) in [5.41, 5.74) is 15.1. The molecule has 0 unspecified atom stereocenters. The first-order valence-electron chi connectivity index (χ1n) is 30.2. The number of nitrogens with two attached hydrogens (primary N) is 2. The summed E-state index contributed by atoms with van der Waals surface area (Å²) in [7, 11) is 0. The molecule has 3 aromatic carbocycles. The molecular formula is C62H75F2N15O12S2. The van der Waals surface area contributed by atoms with E-state index in [2.05, 4.69) is 62.5 Å². The number of nitrogens with zero attached hydrogens (tertiary/aromatic N) is 2. The summed E-state index contributed by atoms with van der Waals surface area (Å²) in [6, 6.07) is 3.68. The average Bonchev–Trinajstić information content (AvgIpc) is 1.79. The Morgan fingerprint density at radius 2 is 1.26 bits per heavy atom. The number of fused-ring (bicyclic) bond motifs is 5. The molecule has 16 N–H and O–H groups in total. The number of primary amides is 1. The Bertz CT molecular complexity index is 3700. The van der Waals surface area contributed by atoms with E-state index in [9.17, 15) is 66.6 Å². The van der Waals surface area contributed by atoms with Crippen LogP contribution in [0.5, 0.6) is 0 Å². The fourth-order valence-corrected chi connectivity index (χ4v) is 12.8. The van der Waals surface area contributed by atoms with E-state index >= 15 is 0 Å². The van der Waals surface area contributed by atoms with Crippen LogP contribution < -0.4 is 54.0 Å². The van der Waals surface area contributed by atoms with Crippen molar-refractivity contribution in [3.8, 4) is 0 Å². The number of aromatic nitrogens is 4. The van der Waals surface area contributed by atoms with Gasteiger partial charge in [0.25, 0.3) is 0 Å². The standard InChI is InChI=1S/C62H75F2N15O12S2/c1-33-62(91)79-16-5-9-51(79)61(90)78-50(55(66)84)31-93-30-35-7-4-6-34(18-35)29-92-17-14-52(80)73-45(8-2-3-15-65)56(85)70-28-53(81)74-46(19-36-25-68-43-12-10-38(63)21-41(36)43)58(87)75-47(20-37-26-69-44-13-11-39(64)22-42(37)44)59(88)77-49(24-54(82)83)60(89)76-48(57(86)72-33)23-40-27-67-32-71-40/h4,6-7,10-13,18,21-22,25-27,32-33,45-51,68-69H,2-3,5,8-9,14-17,19-20,23-24,28-31,65H2,1H3,(H2,66,84)(H,67,71)(H,70,85)(H,72,86)(H,73,80)(H,74,81)(H,75,87)(H,76,89)(H,77,88)(H,78,90)(H,82,83)/t33-,45-,46-,47-,48-,49-,50-,51-/m0/s1. The minimum Gasteiger partial charge on any atom is -0.481 e. The fraction of sp³-hybridized carbons (Fsp3) is 0.419. The van der Waals surface area contributed by atoms with Gasteiger partial charge in [-0.3, -0.25) is 52.7 Å². The largest absolute Gasteiger partial charge is 0.481 e. The number of imidazole rings is 1. The molecule has 31 heteroatoms. The molecule has 1 fully saturated rings. The molecule has 27 nitrogen and oxygen atoms in total. The van der Waals surface area contributed by atoms with E-state index in [1.807, 2.05) is 24.3 Å². The molecule has 8 rings (SSSR count). The summed E-state index contributed by atoms with van der Waals surface area (Å²) in [5.74, 6) is -10.1. The van der Waals surface area contributed by atoms with Crippen LogP contribution in [0.25, 0.3) is 21.8 Å². The number of aromatic amines is 3. The van der Waals surface area contributed by atoms with Crippen LogP contribution in [-0.4, -0.2) is 174 Å². The highest BCUT2D eigenvalue weighted by Gasteiger charge is 2.39. The predicted octanol–water partition coefficient (Wildman–Crippen LogP) is 0.858. The molecule has 2 bridgehead atoms. The number of carbonyl (C=O) groups excluding carboxylic acids is 10. The number of aliphatic carboxylic acids is 1. The van der Waals surface area contributed by atoms with Gasteiger partial charge < -0.3 is 79.0 Å². The van der Waals surface area contributed by atoms with Gasteiger partial charge in [0.15, 0.2) is 0 Å². The Hall–Kier alpha value is -9.36. The van der Waals surface area contributed by atoms with Crippen LogP contribution in [0.3, 0.4) is 0 Å². The number of thioether (sulfide) groups is 2. The summed E-state index contributed by atoms with van der Waals surface area (Å²) in [5, 5.41) is 31.4. The second-order valence-electron chi connectivity index (χ2n) is 22.7. The van der Waals surface area contributed by atoms with Gasteiger partial charge in [-0.25, -0.2) is 13.8 Å². The van der Waals surface area contributed by atoms with Crippen LogP contribution >= 0.6 is 23.5 Å². The van der Waals surface area contributed by atoms with E-state index in [1.54, 1.807) is 0 Å². The Labute approximate surface area is 540 Å². The van der Waals surface area contributed by atoms with E-state index in [0.29, 0.717) is 65.0 Å². The molecule has 3 aromatic heterocycles. The van der Waals surface area contributed by atoms with E-state index in [-0.39, 0.29) is 61.0 Å². The molecule has 93 heavy (non-hydrogen) atoms. The minimum absolute atomic E-state index is 0.0230. The topological polar surface area (TPSA) is 420 Å². The lowest BCUT2D eigenvalue weighted by molar-refractivity contribution is -0.142. The third kappa shape index (κ3) is 19.8. The first-order chi connectivity index (χ1) is 44.6. The summed E-state index contributed by atoms with van der Waals surface area (Å²) < 4.78 is 29.6. The highest BCUT2D eigenvalue weighted by atomic mass is 32.2. The van der Waals surface area contributed by atoms with Crippen LogP contribution in [0.2, 0.25) is 0 Å². The number of carbonyl (C=O) groups is 11. The third-order valence-electron chi connectivity index (χ3n) is 15.7. The fourth-order valence-electron chi connectivity index (χ4n) is 10.9. The van der Waals surface area contributed by atoms with Crippen molar-refractivity contribution in [3.05, 3.63) is 125 Å². The zero-order valence-electron chi connectivity index (χ0n) is 50.8. The van der Waals surface area contributed by atoms with Crippen molar-refractivity contribution in [2.24, 2.45) is 11.5 Å². The van der Waals surface area contributed by atoms with Gasteiger partial charge >= 0.3 is 5.97 Å². The monoisotopic (exact) mass is 1320 g/mol. The van der Waals surface area contributed by atoms with Crippen molar-refractivity contribution < 1.29 is 66.6 Å². The quantitative estimate of drug-likeness (QED) is 0.0713. The van der Waals surface area contributed by atoms with Crippen molar-refractivity contribution >= 4 is 110 Å². The lowest BCUT2D eigenvalue weighted by Gasteiger charge is -2.29. The number of benzene rings is 3. The van der Waals surface area contributed by atoms with Crippen molar-refractivity contribution in [3.63, 3.8) is 0 Å². The average molecular weight is 1320 g/mol. The molecule has 0 saturated carbocycles. The van der Waals surface area contributed by atoms with Gasteiger partial charge in [-0.15, -0.1) is 0 Å². The van der Waals surface area contributed by atoms with Gasteiger partial charge in [0, 0.05) is 95.6 Å². The summed E-state index contributed by atoms with van der Waals surface area (Å²) in [4.78, 5) is 167. The number of carboxylic acids is 1. The Balaban J connectivity index is 1.10. The van der Waals surface area contributed by atoms with Gasteiger partial charge in [-0.05, 0) is 104 Å². The normalized spacial score (nSPS) is 22.9. The third-order valence-corrected chi connectivity index (χ3v) is 17.9. The molecule has 5 heterocycles. The van der Waals surface area contributed by atoms with E-state index < -0.39 is 144 Å². The zero-order chi connectivity index (χ0) is 66.7. The van der Waals surface area contributed by atoms with E-state index in [0.717, 1.165) is 11.1 Å². The molecule has 6 aromatic rings.